The molecule has 1 aliphatic rings. The molecule has 0 saturated carbocycles. The van der Waals surface area contributed by atoms with Crippen molar-refractivity contribution in [3.63, 3.8) is 0 Å². The van der Waals surface area contributed by atoms with Gasteiger partial charge in [-0.15, -0.1) is 5.10 Å². The van der Waals surface area contributed by atoms with Gasteiger partial charge >= 0.3 is 12.1 Å². The van der Waals surface area contributed by atoms with E-state index in [9.17, 15) is 23.1 Å². The van der Waals surface area contributed by atoms with Gasteiger partial charge in [-0.3, -0.25) is 4.79 Å². The van der Waals surface area contributed by atoms with Crippen LogP contribution in [0.5, 0.6) is 0 Å². The monoisotopic (exact) mass is 574 g/mol. The summed E-state index contributed by atoms with van der Waals surface area (Å²) in [6, 6.07) is 8.40. The number of unbranched alkanes of at least 4 members (excludes halogenated alkanes) is 1. The second-order valence-electron chi connectivity index (χ2n) is 10.5. The predicted molar refractivity (Wildman–Crippen MR) is 149 cm³/mol. The van der Waals surface area contributed by atoms with Crippen LogP contribution in [0.2, 0.25) is 0 Å². The fourth-order valence-electron chi connectivity index (χ4n) is 5.40. The maximum Gasteiger partial charge on any atom is 0.416 e. The van der Waals surface area contributed by atoms with Gasteiger partial charge in [-0.1, -0.05) is 22.8 Å². The van der Waals surface area contributed by atoms with E-state index in [0.29, 0.717) is 30.6 Å². The zero-order valence-electron chi connectivity index (χ0n) is 23.5. The number of aliphatic hydroxyl groups is 1. The van der Waals surface area contributed by atoms with Crippen molar-refractivity contribution in [3.05, 3.63) is 63.7 Å². The number of tetrazole rings is 1. The maximum atomic E-state index is 13.6. The quantitative estimate of drug-likeness (QED) is 0.265. The van der Waals surface area contributed by atoms with E-state index in [-0.39, 0.29) is 32.1 Å². The second-order valence-corrected chi connectivity index (χ2v) is 10.5. The van der Waals surface area contributed by atoms with E-state index in [1.54, 1.807) is 13.0 Å². The molecular formula is C29H37F3N6O3. The Balaban J connectivity index is 1.70. The first-order valence-electron chi connectivity index (χ1n) is 14.0. The standard InChI is InChI=1S/C29H37F3N6O3/c1-3-36(10-5-4-9-27(40)41)26-17-23-8-6-7-22(23)16-24(26)19-37(28-33-35-38(34-28)11-12-39)18-21-13-20(2)14-25(15-21)29(30,31)32/h13-17,39H,3-12,18-19H2,1-2H3,(H,40,41). The normalized spacial score (nSPS) is 12.9. The third-order valence-corrected chi connectivity index (χ3v) is 7.31. The number of carboxylic acid groups (broad SMARTS) is 1. The Kier molecular flexibility index (Phi) is 9.85. The number of nitrogens with zero attached hydrogens (tertiary/aromatic N) is 6. The lowest BCUT2D eigenvalue weighted by atomic mass is 10.0. The lowest BCUT2D eigenvalue weighted by Crippen LogP contribution is -2.29. The van der Waals surface area contributed by atoms with E-state index in [1.165, 1.54) is 15.9 Å². The maximum absolute atomic E-state index is 13.6. The molecule has 9 nitrogen and oxygen atoms in total. The van der Waals surface area contributed by atoms with Gasteiger partial charge in [0.05, 0.1) is 18.7 Å². The topological polar surface area (TPSA) is 108 Å². The van der Waals surface area contributed by atoms with Crippen molar-refractivity contribution in [3.8, 4) is 0 Å². The zero-order chi connectivity index (χ0) is 29.6. The van der Waals surface area contributed by atoms with Crippen LogP contribution in [-0.4, -0.2) is 56.1 Å². The number of aliphatic carboxylic acids is 1. The Labute approximate surface area is 237 Å². The number of rotatable bonds is 14. The fraction of sp³-hybridized carbons (Fsp3) is 0.517. The van der Waals surface area contributed by atoms with E-state index in [4.69, 9.17) is 5.11 Å². The highest BCUT2D eigenvalue weighted by Crippen LogP contribution is 2.34. The van der Waals surface area contributed by atoms with Gasteiger partial charge in [0, 0.05) is 38.3 Å². The molecule has 0 spiro atoms. The van der Waals surface area contributed by atoms with Crippen LogP contribution in [0.4, 0.5) is 24.8 Å². The molecule has 0 aliphatic heterocycles. The number of anilines is 2. The molecule has 2 N–H and O–H groups in total. The van der Waals surface area contributed by atoms with Crippen LogP contribution < -0.4 is 9.80 Å². The molecule has 41 heavy (non-hydrogen) atoms. The molecule has 0 atom stereocenters. The molecule has 0 unspecified atom stereocenters. The molecule has 0 saturated heterocycles. The number of fused-ring (bicyclic) bond motifs is 1. The summed E-state index contributed by atoms with van der Waals surface area (Å²) in [7, 11) is 0. The third kappa shape index (κ3) is 7.96. The summed E-state index contributed by atoms with van der Waals surface area (Å²) in [5, 5.41) is 30.9. The Bertz CT molecular complexity index is 1340. The van der Waals surface area contributed by atoms with Crippen molar-refractivity contribution in [2.45, 2.75) is 78.2 Å². The number of hydrogen-bond acceptors (Lipinski definition) is 7. The zero-order valence-corrected chi connectivity index (χ0v) is 23.5. The van der Waals surface area contributed by atoms with E-state index in [0.717, 1.165) is 55.6 Å². The minimum atomic E-state index is -4.47. The van der Waals surface area contributed by atoms with Crippen molar-refractivity contribution in [1.29, 1.82) is 0 Å². The Morgan fingerprint density at radius 3 is 2.49 bits per heavy atom. The fourth-order valence-corrected chi connectivity index (χ4v) is 5.40. The Morgan fingerprint density at radius 2 is 1.80 bits per heavy atom. The smallest absolute Gasteiger partial charge is 0.416 e. The van der Waals surface area contributed by atoms with Crippen molar-refractivity contribution in [1.82, 2.24) is 20.2 Å². The molecular weight excluding hydrogens is 537 g/mol. The van der Waals surface area contributed by atoms with Crippen LogP contribution >= 0.6 is 0 Å². The van der Waals surface area contributed by atoms with Gasteiger partial charge in [0.1, 0.15) is 0 Å². The SMILES string of the molecule is CCN(CCCCC(=O)O)c1cc2c(cc1CN(Cc1cc(C)cc(C(F)(F)F)c1)c1nnn(CCO)n1)CCC2. The summed E-state index contributed by atoms with van der Waals surface area (Å²) in [4.78, 5) is 16.3. The minimum Gasteiger partial charge on any atom is -0.481 e. The van der Waals surface area contributed by atoms with Gasteiger partial charge in [0.15, 0.2) is 0 Å². The molecule has 0 radical (unpaired) electrons. The molecule has 1 heterocycles. The van der Waals surface area contributed by atoms with Crippen molar-refractivity contribution in [2.24, 2.45) is 0 Å². The second kappa shape index (κ2) is 13.3. The van der Waals surface area contributed by atoms with Gasteiger partial charge in [0.2, 0.25) is 0 Å². The minimum absolute atomic E-state index is 0.119. The predicted octanol–water partition coefficient (Wildman–Crippen LogP) is 4.77. The number of halogens is 3. The Morgan fingerprint density at radius 1 is 1.05 bits per heavy atom. The van der Waals surface area contributed by atoms with Crippen LogP contribution in [0, 0.1) is 6.92 Å². The molecule has 0 bridgehead atoms. The van der Waals surface area contributed by atoms with Crippen LogP contribution in [0.3, 0.4) is 0 Å². The van der Waals surface area contributed by atoms with E-state index in [1.807, 2.05) is 4.90 Å². The van der Waals surface area contributed by atoms with Crippen molar-refractivity contribution >= 4 is 17.6 Å². The summed E-state index contributed by atoms with van der Waals surface area (Å²) in [5.41, 5.74) is 4.84. The van der Waals surface area contributed by atoms with Crippen LogP contribution in [0.15, 0.2) is 30.3 Å². The number of alkyl halides is 3. The van der Waals surface area contributed by atoms with E-state index < -0.39 is 17.7 Å². The van der Waals surface area contributed by atoms with Crippen LogP contribution in [0.25, 0.3) is 0 Å². The third-order valence-electron chi connectivity index (χ3n) is 7.31. The van der Waals surface area contributed by atoms with Crippen LogP contribution in [-0.2, 0) is 43.4 Å². The van der Waals surface area contributed by atoms with E-state index >= 15 is 0 Å². The average molecular weight is 575 g/mol. The number of aliphatic hydroxyl groups excluding tert-OH is 1. The highest BCUT2D eigenvalue weighted by atomic mass is 19.4. The lowest BCUT2D eigenvalue weighted by molar-refractivity contribution is -0.138. The molecule has 0 amide bonds. The molecule has 1 aliphatic carbocycles. The summed E-state index contributed by atoms with van der Waals surface area (Å²) in [6.45, 7) is 5.52. The van der Waals surface area contributed by atoms with Gasteiger partial charge < -0.3 is 20.0 Å². The first-order chi connectivity index (χ1) is 19.6. The van der Waals surface area contributed by atoms with Crippen molar-refractivity contribution < 1.29 is 28.2 Å². The molecule has 0 fully saturated rings. The summed E-state index contributed by atoms with van der Waals surface area (Å²) < 4.78 is 40.8. The number of carbonyl (C=O) groups is 1. The molecule has 3 aromatic rings. The molecule has 12 heteroatoms. The summed E-state index contributed by atoms with van der Waals surface area (Å²) >= 11 is 0. The number of hydrogen-bond donors (Lipinski definition) is 2. The highest BCUT2D eigenvalue weighted by Gasteiger charge is 2.31. The van der Waals surface area contributed by atoms with Gasteiger partial charge in [-0.25, -0.2) is 0 Å². The van der Waals surface area contributed by atoms with Gasteiger partial charge in [0.25, 0.3) is 5.95 Å². The largest absolute Gasteiger partial charge is 0.481 e. The highest BCUT2D eigenvalue weighted by molar-refractivity contribution is 5.66. The molecule has 1 aromatic heterocycles. The molecule has 222 valence electrons. The lowest BCUT2D eigenvalue weighted by Gasteiger charge is -2.29. The van der Waals surface area contributed by atoms with E-state index in [2.05, 4.69) is 39.4 Å². The number of benzene rings is 2. The number of aromatic nitrogens is 4. The number of carboxylic acids is 1. The van der Waals surface area contributed by atoms with Gasteiger partial charge in [-0.2, -0.15) is 18.0 Å². The van der Waals surface area contributed by atoms with Gasteiger partial charge in [-0.05, 0) is 91.6 Å². The molecule has 2 aromatic carbocycles. The van der Waals surface area contributed by atoms with Crippen molar-refractivity contribution in [2.75, 3.05) is 29.5 Å². The summed E-state index contributed by atoms with van der Waals surface area (Å²) in [5.74, 6) is -0.557. The van der Waals surface area contributed by atoms with Crippen LogP contribution in [0.1, 0.15) is 66.0 Å². The number of aryl methyl sites for hydroxylation is 3. The molecule has 4 rings (SSSR count). The summed E-state index contributed by atoms with van der Waals surface area (Å²) in [6.07, 6.45) is -0.0365. The average Bonchev–Trinajstić information content (AvgIpc) is 3.57. The first-order valence-corrected chi connectivity index (χ1v) is 14.0. The first kappa shape index (κ1) is 30.3. The Hall–Kier alpha value is -3.67.